The molecule has 1 aliphatic heterocycles. The van der Waals surface area contributed by atoms with Crippen molar-refractivity contribution in [2.45, 2.75) is 24.8 Å². The zero-order chi connectivity index (χ0) is 14.8. The fraction of sp³-hybridized carbons (Fsp3) is 0.909. The average molecular weight is 300 g/mol. The molecule has 0 unspecified atom stereocenters. The number of hydrogen-bond acceptors (Lipinski definition) is 3. The summed E-state index contributed by atoms with van der Waals surface area (Å²) in [6.07, 6.45) is -4.38. The van der Waals surface area contributed by atoms with Crippen LogP contribution < -0.4 is 0 Å². The number of halogens is 3. The highest BCUT2D eigenvalue weighted by Crippen LogP contribution is 2.20. The van der Waals surface area contributed by atoms with Crippen LogP contribution in [0.15, 0.2) is 0 Å². The van der Waals surface area contributed by atoms with Gasteiger partial charge in [-0.05, 0) is 13.8 Å². The van der Waals surface area contributed by atoms with Crippen molar-refractivity contribution in [2.24, 2.45) is 0 Å². The van der Waals surface area contributed by atoms with Gasteiger partial charge in [-0.1, -0.05) is 0 Å². The van der Waals surface area contributed by atoms with E-state index in [4.69, 9.17) is 0 Å². The molecule has 0 aromatic carbocycles. The Kier molecular flexibility index (Phi) is 5.00. The highest BCUT2D eigenvalue weighted by molar-refractivity contribution is 7.86. The van der Waals surface area contributed by atoms with E-state index in [0.717, 1.165) is 7.05 Å². The van der Waals surface area contributed by atoms with Crippen molar-refractivity contribution in [3.8, 4) is 0 Å². The second-order valence-electron chi connectivity index (χ2n) is 5.38. The van der Waals surface area contributed by atoms with Gasteiger partial charge in [0.15, 0.2) is 0 Å². The smallest absolute Gasteiger partial charge is 0.336 e. The van der Waals surface area contributed by atoms with Crippen molar-refractivity contribution < 1.29 is 22.2 Å². The first-order valence-corrected chi connectivity index (χ1v) is 7.25. The van der Waals surface area contributed by atoms with E-state index in [1.165, 1.54) is 0 Å². The normalized spacial score (nSPS) is 24.2. The summed E-state index contributed by atoms with van der Waals surface area (Å²) in [5.41, 5.74) is 0. The van der Waals surface area contributed by atoms with Gasteiger partial charge in [-0.3, -0.25) is 13.9 Å². The maximum absolute atomic E-state index is 12.2. The van der Waals surface area contributed by atoms with Crippen LogP contribution in [-0.4, -0.2) is 69.8 Å². The third kappa shape index (κ3) is 5.10. The van der Waals surface area contributed by atoms with Crippen molar-refractivity contribution >= 4 is 16.7 Å². The molecular formula is C11H19F3N2O2S. The number of carbonyl (C=O) groups excluding carboxylic acids is 1. The van der Waals surface area contributed by atoms with Gasteiger partial charge in [0, 0.05) is 36.7 Å². The lowest BCUT2D eigenvalue weighted by Crippen LogP contribution is -2.53. The first kappa shape index (κ1) is 16.4. The molecule has 0 saturated carbocycles. The Hall–Kier alpha value is -0.630. The molecule has 19 heavy (non-hydrogen) atoms. The molecule has 112 valence electrons. The van der Waals surface area contributed by atoms with Crippen LogP contribution in [-0.2, 0) is 15.6 Å². The molecule has 0 spiro atoms. The lowest BCUT2D eigenvalue weighted by atomic mass is 10.2. The Morgan fingerprint density at radius 2 is 2.00 bits per heavy atom. The second kappa shape index (κ2) is 5.78. The topological polar surface area (TPSA) is 40.6 Å². The highest BCUT2D eigenvalue weighted by atomic mass is 32.2. The van der Waals surface area contributed by atoms with Gasteiger partial charge < -0.3 is 4.90 Å². The van der Waals surface area contributed by atoms with Gasteiger partial charge >= 0.3 is 6.18 Å². The van der Waals surface area contributed by atoms with Gasteiger partial charge in [0.25, 0.3) is 0 Å². The van der Waals surface area contributed by atoms with Crippen LogP contribution in [0.1, 0.15) is 13.8 Å². The highest BCUT2D eigenvalue weighted by Gasteiger charge is 2.35. The Bertz CT molecular complexity index is 371. The molecule has 8 heteroatoms. The molecule has 1 fully saturated rings. The predicted molar refractivity (Wildman–Crippen MR) is 67.2 cm³/mol. The summed E-state index contributed by atoms with van der Waals surface area (Å²) in [6.45, 7) is 3.29. The number of amides is 1. The largest absolute Gasteiger partial charge is 0.406 e. The van der Waals surface area contributed by atoms with Crippen LogP contribution in [0.25, 0.3) is 0 Å². The quantitative estimate of drug-likeness (QED) is 0.776. The first-order chi connectivity index (χ1) is 8.51. The van der Waals surface area contributed by atoms with E-state index in [0.29, 0.717) is 23.7 Å². The lowest BCUT2D eigenvalue weighted by molar-refractivity contribution is -0.159. The van der Waals surface area contributed by atoms with Crippen LogP contribution in [0.2, 0.25) is 0 Å². The van der Waals surface area contributed by atoms with Crippen molar-refractivity contribution in [3.05, 3.63) is 0 Å². The summed E-state index contributed by atoms with van der Waals surface area (Å²) in [4.78, 5) is 14.1. The zero-order valence-electron chi connectivity index (χ0n) is 11.3. The summed E-state index contributed by atoms with van der Waals surface area (Å²) in [5.74, 6) is -0.121. The van der Waals surface area contributed by atoms with Crippen LogP contribution in [0.5, 0.6) is 0 Å². The van der Waals surface area contributed by atoms with Gasteiger partial charge in [-0.25, -0.2) is 0 Å². The fourth-order valence-electron chi connectivity index (χ4n) is 1.98. The van der Waals surface area contributed by atoms with Gasteiger partial charge in [-0.2, -0.15) is 13.2 Å². The molecule has 1 aliphatic rings. The average Bonchev–Trinajstić information content (AvgIpc) is 2.20. The van der Waals surface area contributed by atoms with Crippen LogP contribution in [0.3, 0.4) is 0 Å². The van der Waals surface area contributed by atoms with Crippen molar-refractivity contribution in [2.75, 3.05) is 39.0 Å². The Balaban J connectivity index is 2.51. The SMILES string of the molecule is CN(CC(F)(F)F)C(=O)CN1CC[S@](=O)C(C)(C)C1. The van der Waals surface area contributed by atoms with Gasteiger partial charge in [0.1, 0.15) is 6.54 Å². The number of nitrogens with zero attached hydrogens (tertiary/aromatic N) is 2. The van der Waals surface area contributed by atoms with Crippen LogP contribution in [0, 0.1) is 0 Å². The molecule has 0 N–H and O–H groups in total. The molecular weight excluding hydrogens is 281 g/mol. The Morgan fingerprint density at radius 3 is 2.47 bits per heavy atom. The van der Waals surface area contributed by atoms with E-state index in [9.17, 15) is 22.2 Å². The van der Waals surface area contributed by atoms with Gasteiger partial charge in [-0.15, -0.1) is 0 Å². The minimum absolute atomic E-state index is 0.0623. The van der Waals surface area contributed by atoms with E-state index in [1.807, 2.05) is 13.8 Å². The zero-order valence-corrected chi connectivity index (χ0v) is 12.1. The third-order valence-corrected chi connectivity index (χ3v) is 4.93. The Morgan fingerprint density at radius 1 is 1.42 bits per heavy atom. The lowest BCUT2D eigenvalue weighted by Gasteiger charge is -2.37. The van der Waals surface area contributed by atoms with Crippen LogP contribution >= 0.6 is 0 Å². The monoisotopic (exact) mass is 300 g/mol. The molecule has 4 nitrogen and oxygen atoms in total. The molecule has 0 aliphatic carbocycles. The van der Waals surface area contributed by atoms with E-state index in [-0.39, 0.29) is 6.54 Å². The molecule has 1 heterocycles. The number of likely N-dealkylation sites (N-methyl/N-ethyl adjacent to an activating group) is 1. The fourth-order valence-corrected chi connectivity index (χ4v) is 3.29. The minimum atomic E-state index is -4.38. The number of hydrogen-bond donors (Lipinski definition) is 0. The van der Waals surface area contributed by atoms with Gasteiger partial charge in [0.05, 0.1) is 11.3 Å². The number of rotatable bonds is 3. The van der Waals surface area contributed by atoms with Crippen molar-refractivity contribution in [3.63, 3.8) is 0 Å². The molecule has 0 aromatic heterocycles. The molecule has 1 rings (SSSR count). The molecule has 1 amide bonds. The summed E-state index contributed by atoms with van der Waals surface area (Å²) >= 11 is 0. The summed E-state index contributed by atoms with van der Waals surface area (Å²) in [5, 5.41) is 0. The molecule has 0 aromatic rings. The van der Waals surface area contributed by atoms with E-state index in [2.05, 4.69) is 0 Å². The van der Waals surface area contributed by atoms with E-state index < -0.39 is 34.2 Å². The summed E-state index contributed by atoms with van der Waals surface area (Å²) in [7, 11) is 0.183. The van der Waals surface area contributed by atoms with Crippen molar-refractivity contribution in [1.82, 2.24) is 9.80 Å². The summed E-state index contributed by atoms with van der Waals surface area (Å²) < 4.78 is 47.8. The molecule has 1 saturated heterocycles. The number of alkyl halides is 3. The van der Waals surface area contributed by atoms with E-state index in [1.54, 1.807) is 4.90 Å². The molecule has 1 atom stereocenters. The molecule has 0 bridgehead atoms. The molecule has 0 radical (unpaired) electrons. The summed E-state index contributed by atoms with van der Waals surface area (Å²) in [6, 6.07) is 0. The third-order valence-electron chi connectivity index (χ3n) is 3.01. The van der Waals surface area contributed by atoms with Crippen molar-refractivity contribution in [1.29, 1.82) is 0 Å². The number of carbonyl (C=O) groups is 1. The maximum Gasteiger partial charge on any atom is 0.406 e. The standard InChI is InChI=1S/C11H19F3N2O2S/c1-10(2)7-16(4-5-19(10)18)6-9(17)15(3)8-11(12,13)14/h4-8H2,1-3H3/t19-/m0/s1. The van der Waals surface area contributed by atoms with E-state index >= 15 is 0 Å². The minimum Gasteiger partial charge on any atom is -0.336 e. The predicted octanol–water partition coefficient (Wildman–Crippen LogP) is 0.850. The van der Waals surface area contributed by atoms with Crippen LogP contribution in [0.4, 0.5) is 13.2 Å². The Labute approximate surface area is 113 Å². The second-order valence-corrected chi connectivity index (χ2v) is 7.59. The maximum atomic E-state index is 12.2. The first-order valence-electron chi connectivity index (χ1n) is 5.93. The van der Waals surface area contributed by atoms with Gasteiger partial charge in [0.2, 0.25) is 5.91 Å².